The van der Waals surface area contributed by atoms with E-state index in [1.54, 1.807) is 27.7 Å². The van der Waals surface area contributed by atoms with Crippen LogP contribution in [0.3, 0.4) is 0 Å². The van der Waals surface area contributed by atoms with Gasteiger partial charge >= 0.3 is 18.1 Å². The molecule has 1 unspecified atom stereocenters. The standard InChI is InChI=1S/C17H24N4O5/c1-5-25-14(22)13-12-11-18-8-10-20(12)16(24)21(13)9-6-7-19-15(23)26-17(2,3)4/h8,10-11,13H,5-7,9H2,1-4H3/p+1. The molecule has 0 spiro atoms. The van der Waals surface area contributed by atoms with Gasteiger partial charge in [-0.05, 0) is 27.7 Å². The van der Waals surface area contributed by atoms with Gasteiger partial charge in [0.25, 0.3) is 6.04 Å². The third-order valence-corrected chi connectivity index (χ3v) is 3.58. The number of carbonyl (C=O) groups excluding carboxylic acids is 3. The zero-order chi connectivity index (χ0) is 19.3. The van der Waals surface area contributed by atoms with E-state index in [4.69, 9.17) is 9.47 Å². The summed E-state index contributed by atoms with van der Waals surface area (Å²) in [6.07, 6.45) is 4.43. The third-order valence-electron chi connectivity index (χ3n) is 3.58. The van der Waals surface area contributed by atoms with Crippen LogP contribution < -0.4 is 9.88 Å². The van der Waals surface area contributed by atoms with E-state index in [0.717, 1.165) is 0 Å². The van der Waals surface area contributed by atoms with Gasteiger partial charge in [-0.25, -0.2) is 14.5 Å². The number of rotatable bonds is 6. The van der Waals surface area contributed by atoms with E-state index in [2.05, 4.69) is 10.3 Å². The molecule has 0 radical (unpaired) electrons. The van der Waals surface area contributed by atoms with E-state index in [-0.39, 0.29) is 19.2 Å². The van der Waals surface area contributed by atoms with Gasteiger partial charge in [-0.2, -0.15) is 9.36 Å². The summed E-state index contributed by atoms with van der Waals surface area (Å²) in [6.45, 7) is 7.86. The topological polar surface area (TPSA) is 102 Å². The number of alkyl carbamates (subject to hydrolysis) is 1. The average molecular weight is 365 g/mol. The van der Waals surface area contributed by atoms with Crippen molar-refractivity contribution in [3.8, 4) is 0 Å². The maximum Gasteiger partial charge on any atom is 0.499 e. The molecule has 1 aliphatic heterocycles. The second-order valence-electron chi connectivity index (χ2n) is 6.78. The number of fused-ring (bicyclic) bond motifs is 1. The van der Waals surface area contributed by atoms with Crippen molar-refractivity contribution in [3.05, 3.63) is 24.3 Å². The number of hydrogen-bond donors (Lipinski definition) is 1. The number of ether oxygens (including phenoxy) is 2. The van der Waals surface area contributed by atoms with Gasteiger partial charge in [0.05, 0.1) is 25.5 Å². The summed E-state index contributed by atoms with van der Waals surface area (Å²) in [5, 5.41) is 2.63. The number of aromatic nitrogens is 2. The van der Waals surface area contributed by atoms with Crippen molar-refractivity contribution in [2.24, 2.45) is 0 Å². The zero-order valence-electron chi connectivity index (χ0n) is 15.5. The molecular formula is C17H25N4O5+. The normalized spacial score (nSPS) is 16.2. The lowest BCUT2D eigenvalue weighted by molar-refractivity contribution is -0.573. The fourth-order valence-electron chi connectivity index (χ4n) is 2.61. The average Bonchev–Trinajstić information content (AvgIpc) is 2.83. The van der Waals surface area contributed by atoms with E-state index in [0.29, 0.717) is 18.7 Å². The van der Waals surface area contributed by atoms with Crippen LogP contribution in [-0.4, -0.2) is 53.3 Å². The Kier molecular flexibility index (Phi) is 6.12. The highest BCUT2D eigenvalue weighted by atomic mass is 16.6. The second-order valence-corrected chi connectivity index (χ2v) is 6.78. The van der Waals surface area contributed by atoms with Gasteiger partial charge in [-0.15, -0.1) is 0 Å². The molecule has 0 aromatic carbocycles. The van der Waals surface area contributed by atoms with Crippen LogP contribution in [0.4, 0.5) is 9.59 Å². The fourth-order valence-corrected chi connectivity index (χ4v) is 2.61. The molecule has 1 aliphatic rings. The summed E-state index contributed by atoms with van der Waals surface area (Å²) >= 11 is 0. The molecule has 0 aliphatic carbocycles. The van der Waals surface area contributed by atoms with Crippen LogP contribution in [0, 0.1) is 0 Å². The molecule has 1 aromatic rings. The van der Waals surface area contributed by atoms with E-state index in [9.17, 15) is 14.4 Å². The molecule has 26 heavy (non-hydrogen) atoms. The molecular weight excluding hydrogens is 340 g/mol. The van der Waals surface area contributed by atoms with Crippen LogP contribution in [-0.2, 0) is 14.3 Å². The Hall–Kier alpha value is -2.71. The maximum atomic E-state index is 12.6. The first-order valence-corrected chi connectivity index (χ1v) is 8.54. The number of nitrogens with zero attached hydrogens (tertiary/aromatic N) is 3. The van der Waals surface area contributed by atoms with Crippen LogP contribution in [0.25, 0.3) is 0 Å². The molecule has 0 saturated carbocycles. The van der Waals surface area contributed by atoms with Crippen molar-refractivity contribution in [3.63, 3.8) is 0 Å². The van der Waals surface area contributed by atoms with Crippen molar-refractivity contribution in [1.82, 2.24) is 15.2 Å². The Balaban J connectivity index is 1.98. The van der Waals surface area contributed by atoms with Crippen molar-refractivity contribution in [1.29, 1.82) is 0 Å². The lowest BCUT2D eigenvalue weighted by atomic mass is 10.2. The first kappa shape index (κ1) is 19.6. The highest BCUT2D eigenvalue weighted by Crippen LogP contribution is 2.24. The summed E-state index contributed by atoms with van der Waals surface area (Å²) in [6, 6.07) is -1.16. The van der Waals surface area contributed by atoms with Crippen molar-refractivity contribution < 1.29 is 28.4 Å². The van der Waals surface area contributed by atoms with E-state index < -0.39 is 23.7 Å². The minimum absolute atomic E-state index is 0.220. The van der Waals surface area contributed by atoms with Gasteiger partial charge in [0, 0.05) is 13.0 Å². The van der Waals surface area contributed by atoms with E-state index in [1.165, 1.54) is 28.1 Å². The summed E-state index contributed by atoms with van der Waals surface area (Å²) < 4.78 is 11.6. The Morgan fingerprint density at radius 3 is 2.77 bits per heavy atom. The minimum atomic E-state index is -0.835. The highest BCUT2D eigenvalue weighted by Gasteiger charge is 2.50. The van der Waals surface area contributed by atoms with Crippen LogP contribution in [0.2, 0.25) is 0 Å². The lowest BCUT2D eigenvalue weighted by Crippen LogP contribution is -2.46. The van der Waals surface area contributed by atoms with Gasteiger partial charge in [-0.3, -0.25) is 4.98 Å². The minimum Gasteiger partial charge on any atom is -0.462 e. The number of hydrogen-bond acceptors (Lipinski definition) is 6. The number of nitrogens with one attached hydrogen (secondary N) is 1. The number of esters is 1. The molecule has 2 rings (SSSR count). The van der Waals surface area contributed by atoms with Crippen LogP contribution >= 0.6 is 0 Å². The predicted molar refractivity (Wildman–Crippen MR) is 90.2 cm³/mol. The first-order valence-electron chi connectivity index (χ1n) is 8.54. The summed E-state index contributed by atoms with van der Waals surface area (Å²) in [5.74, 6) is -0.500. The van der Waals surface area contributed by atoms with Gasteiger partial charge in [-0.1, -0.05) is 0 Å². The molecule has 2 heterocycles. The smallest absolute Gasteiger partial charge is 0.462 e. The SMILES string of the molecule is CCOC(=O)C1c2cncc[n+]2C(=O)N1CCCNC(=O)OC(C)(C)C. The Labute approximate surface area is 152 Å². The van der Waals surface area contributed by atoms with Crippen molar-refractivity contribution in [2.45, 2.75) is 45.8 Å². The maximum absolute atomic E-state index is 12.6. The second kappa shape index (κ2) is 8.11. The Bertz CT molecular complexity index is 686. The predicted octanol–water partition coefficient (Wildman–Crippen LogP) is 1.17. The van der Waals surface area contributed by atoms with Crippen LogP contribution in [0.5, 0.6) is 0 Å². The molecule has 142 valence electrons. The Morgan fingerprint density at radius 2 is 2.12 bits per heavy atom. The van der Waals surface area contributed by atoms with Crippen LogP contribution in [0.1, 0.15) is 45.9 Å². The molecule has 1 atom stereocenters. The molecule has 1 N–H and O–H groups in total. The fraction of sp³-hybridized carbons (Fsp3) is 0.588. The van der Waals surface area contributed by atoms with Gasteiger partial charge in [0.2, 0.25) is 0 Å². The van der Waals surface area contributed by atoms with Crippen molar-refractivity contribution >= 4 is 18.1 Å². The zero-order valence-corrected chi connectivity index (χ0v) is 15.5. The first-order chi connectivity index (χ1) is 12.2. The molecule has 2 amide bonds. The summed E-state index contributed by atoms with van der Waals surface area (Å²) in [7, 11) is 0. The van der Waals surface area contributed by atoms with Gasteiger partial charge in [0.1, 0.15) is 11.8 Å². The molecule has 1 aromatic heterocycles. The number of amides is 2. The summed E-state index contributed by atoms with van der Waals surface area (Å²) in [5.41, 5.74) is -0.106. The molecule has 0 saturated heterocycles. The molecule has 0 fully saturated rings. The molecule has 0 bridgehead atoms. The van der Waals surface area contributed by atoms with E-state index in [1.807, 2.05) is 0 Å². The van der Waals surface area contributed by atoms with Crippen LogP contribution in [0.15, 0.2) is 18.6 Å². The third kappa shape index (κ3) is 4.68. The summed E-state index contributed by atoms with van der Waals surface area (Å²) in [4.78, 5) is 42.0. The molecule has 9 heteroatoms. The highest BCUT2D eigenvalue weighted by molar-refractivity contribution is 5.83. The quantitative estimate of drug-likeness (QED) is 0.461. The largest absolute Gasteiger partial charge is 0.499 e. The van der Waals surface area contributed by atoms with Crippen molar-refractivity contribution in [2.75, 3.05) is 19.7 Å². The van der Waals surface area contributed by atoms with E-state index >= 15 is 0 Å². The number of carbonyl (C=O) groups is 3. The monoisotopic (exact) mass is 365 g/mol. The van der Waals surface area contributed by atoms with Gasteiger partial charge in [0.15, 0.2) is 5.69 Å². The van der Waals surface area contributed by atoms with Gasteiger partial charge < -0.3 is 14.8 Å². The molecule has 9 nitrogen and oxygen atoms in total. The Morgan fingerprint density at radius 1 is 1.38 bits per heavy atom. The lowest BCUT2D eigenvalue weighted by Gasteiger charge is -2.20.